The molecule has 0 aliphatic carbocycles. The van der Waals surface area contributed by atoms with Crippen molar-refractivity contribution in [2.24, 2.45) is 0 Å². The third-order valence-corrected chi connectivity index (χ3v) is 4.20. The second-order valence-corrected chi connectivity index (χ2v) is 6.46. The summed E-state index contributed by atoms with van der Waals surface area (Å²) in [6.07, 6.45) is 0. The van der Waals surface area contributed by atoms with Crippen LogP contribution in [-0.2, 0) is 9.59 Å². The van der Waals surface area contributed by atoms with Crippen molar-refractivity contribution in [3.63, 3.8) is 0 Å². The number of halogens is 3. The number of carbonyl (C=O) groups is 2. The molecule has 0 spiro atoms. The van der Waals surface area contributed by atoms with Crippen LogP contribution < -0.4 is 10.6 Å². The molecule has 0 fully saturated rings. The Balaban J connectivity index is 1.58. The number of nitrogens with one attached hydrogen (secondary N) is 2. The summed E-state index contributed by atoms with van der Waals surface area (Å²) in [6.45, 7) is 2.92. The highest BCUT2D eigenvalue weighted by Crippen LogP contribution is 2.19. The molecule has 0 saturated carbocycles. The highest BCUT2D eigenvalue weighted by molar-refractivity contribution is 5.95. The maximum atomic E-state index is 13.6. The maximum absolute atomic E-state index is 13.6. The minimum absolute atomic E-state index is 0.334. The van der Waals surface area contributed by atoms with E-state index in [0.29, 0.717) is 11.9 Å². The van der Waals surface area contributed by atoms with E-state index in [0.717, 1.165) is 22.0 Å². The van der Waals surface area contributed by atoms with Gasteiger partial charge in [0.15, 0.2) is 17.5 Å². The fourth-order valence-electron chi connectivity index (χ4n) is 2.44. The van der Waals surface area contributed by atoms with Gasteiger partial charge in [-0.15, -0.1) is 10.2 Å². The quantitative estimate of drug-likeness (QED) is 0.599. The number of rotatable bonds is 6. The number of anilines is 1. The number of aromatic nitrogens is 4. The van der Waals surface area contributed by atoms with Crippen LogP contribution in [0, 0.1) is 24.4 Å². The van der Waals surface area contributed by atoms with Gasteiger partial charge in [0.1, 0.15) is 6.04 Å². The SMILES string of the molecule is Cc1ccc(-c2nnn(C(C)C(=O)NCC(=O)Nc3ccc(F)c(F)c3F)n2)cc1. The molecular formula is C19H17F3N6O2. The van der Waals surface area contributed by atoms with Crippen LogP contribution in [0.15, 0.2) is 36.4 Å². The lowest BCUT2D eigenvalue weighted by Crippen LogP contribution is -2.37. The number of benzene rings is 2. The Kier molecular flexibility index (Phi) is 6.09. The number of aryl methyl sites for hydroxylation is 1. The summed E-state index contributed by atoms with van der Waals surface area (Å²) in [4.78, 5) is 25.2. The Hall–Kier alpha value is -3.76. The number of tetrazole rings is 1. The summed E-state index contributed by atoms with van der Waals surface area (Å²) < 4.78 is 39.7. The van der Waals surface area contributed by atoms with Gasteiger partial charge in [-0.05, 0) is 31.2 Å². The van der Waals surface area contributed by atoms with E-state index in [-0.39, 0.29) is 0 Å². The van der Waals surface area contributed by atoms with Crippen LogP contribution in [-0.4, -0.2) is 38.6 Å². The summed E-state index contributed by atoms with van der Waals surface area (Å²) >= 11 is 0. The first-order valence-corrected chi connectivity index (χ1v) is 8.84. The van der Waals surface area contributed by atoms with Crippen molar-refractivity contribution in [1.82, 2.24) is 25.5 Å². The second kappa shape index (κ2) is 8.72. The average molecular weight is 418 g/mol. The van der Waals surface area contributed by atoms with Crippen LogP contribution in [0.5, 0.6) is 0 Å². The standard InChI is InChI=1S/C19H17F3N6O2/c1-10-3-5-12(6-4-10)18-25-27-28(26-18)11(2)19(30)23-9-15(29)24-14-8-7-13(20)16(21)17(14)22/h3-8,11H,9H2,1-2H3,(H,23,30)(H,24,29). The van der Waals surface area contributed by atoms with Gasteiger partial charge in [0.2, 0.25) is 17.6 Å². The van der Waals surface area contributed by atoms with E-state index in [9.17, 15) is 22.8 Å². The third kappa shape index (κ3) is 4.62. The largest absolute Gasteiger partial charge is 0.345 e. The molecule has 1 heterocycles. The number of amides is 2. The third-order valence-electron chi connectivity index (χ3n) is 4.20. The molecule has 11 heteroatoms. The number of hydrogen-bond acceptors (Lipinski definition) is 5. The average Bonchev–Trinajstić information content (AvgIpc) is 3.22. The van der Waals surface area contributed by atoms with Gasteiger partial charge in [0.25, 0.3) is 0 Å². The minimum Gasteiger partial charge on any atom is -0.345 e. The lowest BCUT2D eigenvalue weighted by Gasteiger charge is -2.11. The highest BCUT2D eigenvalue weighted by Gasteiger charge is 2.20. The fourth-order valence-corrected chi connectivity index (χ4v) is 2.44. The molecule has 0 aliphatic rings. The predicted molar refractivity (Wildman–Crippen MR) is 101 cm³/mol. The van der Waals surface area contributed by atoms with Crippen LogP contribution in [0.4, 0.5) is 18.9 Å². The molecule has 2 N–H and O–H groups in total. The first-order chi connectivity index (χ1) is 14.3. The van der Waals surface area contributed by atoms with E-state index in [1.807, 2.05) is 31.2 Å². The molecule has 1 atom stereocenters. The Labute approximate surface area is 169 Å². The van der Waals surface area contributed by atoms with Crippen molar-refractivity contribution in [2.75, 3.05) is 11.9 Å². The van der Waals surface area contributed by atoms with Crippen LogP contribution in [0.2, 0.25) is 0 Å². The maximum Gasteiger partial charge on any atom is 0.246 e. The van der Waals surface area contributed by atoms with Crippen molar-refractivity contribution in [1.29, 1.82) is 0 Å². The molecule has 3 aromatic rings. The first-order valence-electron chi connectivity index (χ1n) is 8.84. The molecule has 1 aromatic heterocycles. The lowest BCUT2D eigenvalue weighted by molar-refractivity contribution is -0.126. The van der Waals surface area contributed by atoms with Crippen molar-refractivity contribution >= 4 is 17.5 Å². The zero-order valence-electron chi connectivity index (χ0n) is 16.0. The molecule has 2 aromatic carbocycles. The van der Waals surface area contributed by atoms with E-state index in [2.05, 4.69) is 26.0 Å². The number of carbonyl (C=O) groups excluding carboxylic acids is 2. The monoisotopic (exact) mass is 418 g/mol. The molecule has 0 aliphatic heterocycles. The number of nitrogens with zero attached hydrogens (tertiary/aromatic N) is 4. The Bertz CT molecular complexity index is 1080. The molecular weight excluding hydrogens is 401 g/mol. The molecule has 30 heavy (non-hydrogen) atoms. The van der Waals surface area contributed by atoms with Crippen molar-refractivity contribution < 1.29 is 22.8 Å². The Morgan fingerprint density at radius 1 is 1.07 bits per heavy atom. The van der Waals surface area contributed by atoms with Gasteiger partial charge in [0, 0.05) is 5.56 Å². The molecule has 0 radical (unpaired) electrons. The van der Waals surface area contributed by atoms with Gasteiger partial charge in [0.05, 0.1) is 12.2 Å². The zero-order valence-corrected chi connectivity index (χ0v) is 16.0. The van der Waals surface area contributed by atoms with Gasteiger partial charge >= 0.3 is 0 Å². The van der Waals surface area contributed by atoms with Crippen molar-refractivity contribution in [3.05, 3.63) is 59.4 Å². The zero-order chi connectivity index (χ0) is 21.8. The lowest BCUT2D eigenvalue weighted by atomic mass is 10.1. The van der Waals surface area contributed by atoms with Crippen molar-refractivity contribution in [2.45, 2.75) is 19.9 Å². The van der Waals surface area contributed by atoms with Gasteiger partial charge < -0.3 is 10.6 Å². The molecule has 2 amide bonds. The van der Waals surface area contributed by atoms with Crippen LogP contribution in [0.25, 0.3) is 11.4 Å². The van der Waals surface area contributed by atoms with Crippen LogP contribution in [0.3, 0.4) is 0 Å². The molecule has 3 rings (SSSR count). The molecule has 1 unspecified atom stereocenters. The fraction of sp³-hybridized carbons (Fsp3) is 0.211. The normalized spacial score (nSPS) is 11.8. The molecule has 0 saturated heterocycles. The van der Waals surface area contributed by atoms with Crippen molar-refractivity contribution in [3.8, 4) is 11.4 Å². The Morgan fingerprint density at radius 2 is 1.77 bits per heavy atom. The molecule has 8 nitrogen and oxygen atoms in total. The predicted octanol–water partition coefficient (Wildman–Crippen LogP) is 2.38. The van der Waals surface area contributed by atoms with Gasteiger partial charge in [-0.25, -0.2) is 13.2 Å². The van der Waals surface area contributed by atoms with E-state index in [1.165, 1.54) is 6.92 Å². The minimum atomic E-state index is -1.70. The van der Waals surface area contributed by atoms with Gasteiger partial charge in [-0.3, -0.25) is 9.59 Å². The number of hydrogen-bond donors (Lipinski definition) is 2. The summed E-state index contributed by atoms with van der Waals surface area (Å²) in [6, 6.07) is 8.09. The molecule has 0 bridgehead atoms. The van der Waals surface area contributed by atoms with E-state index in [4.69, 9.17) is 0 Å². The summed E-state index contributed by atoms with van der Waals surface area (Å²) in [5.41, 5.74) is 1.26. The highest BCUT2D eigenvalue weighted by atomic mass is 19.2. The van der Waals surface area contributed by atoms with E-state index < -0.39 is 47.5 Å². The van der Waals surface area contributed by atoms with Crippen LogP contribution >= 0.6 is 0 Å². The van der Waals surface area contributed by atoms with Gasteiger partial charge in [-0.1, -0.05) is 29.8 Å². The Morgan fingerprint density at radius 3 is 2.47 bits per heavy atom. The van der Waals surface area contributed by atoms with E-state index in [1.54, 1.807) is 0 Å². The van der Waals surface area contributed by atoms with Crippen LogP contribution in [0.1, 0.15) is 18.5 Å². The summed E-state index contributed by atoms with van der Waals surface area (Å²) in [5, 5.41) is 16.3. The molecule has 156 valence electrons. The van der Waals surface area contributed by atoms with E-state index >= 15 is 0 Å². The van der Waals surface area contributed by atoms with Gasteiger partial charge in [-0.2, -0.15) is 4.80 Å². The first kappa shape index (κ1) is 21.0. The second-order valence-electron chi connectivity index (χ2n) is 6.46. The smallest absolute Gasteiger partial charge is 0.246 e. The topological polar surface area (TPSA) is 102 Å². The summed E-state index contributed by atoms with van der Waals surface area (Å²) in [7, 11) is 0. The summed E-state index contributed by atoms with van der Waals surface area (Å²) in [5.74, 6) is -5.69.